The molecule has 2 aromatic heterocycles. The van der Waals surface area contributed by atoms with E-state index in [-0.39, 0.29) is 0 Å². The second kappa shape index (κ2) is 4.76. The first kappa shape index (κ1) is 11.3. The summed E-state index contributed by atoms with van der Waals surface area (Å²) in [5.41, 5.74) is -0.00345. The topological polar surface area (TPSA) is 33.1 Å². The Morgan fingerprint density at radius 3 is 2.81 bits per heavy atom. The SMILES string of the molecule is CCCC(O)(c1cccnc1)c1cccs1. The third-order valence-corrected chi connectivity index (χ3v) is 3.70. The van der Waals surface area contributed by atoms with Crippen LogP contribution in [0, 0.1) is 0 Å². The minimum Gasteiger partial charge on any atom is -0.379 e. The van der Waals surface area contributed by atoms with Gasteiger partial charge in [0.2, 0.25) is 0 Å². The maximum Gasteiger partial charge on any atom is 0.125 e. The van der Waals surface area contributed by atoms with Crippen molar-refractivity contribution in [3.8, 4) is 0 Å². The fourth-order valence-corrected chi connectivity index (χ4v) is 2.77. The summed E-state index contributed by atoms with van der Waals surface area (Å²) < 4.78 is 0. The van der Waals surface area contributed by atoms with Gasteiger partial charge < -0.3 is 5.11 Å². The lowest BCUT2D eigenvalue weighted by atomic mass is 9.89. The van der Waals surface area contributed by atoms with Gasteiger partial charge >= 0.3 is 0 Å². The van der Waals surface area contributed by atoms with E-state index in [0.717, 1.165) is 23.3 Å². The van der Waals surface area contributed by atoms with Crippen LogP contribution in [0.1, 0.15) is 30.2 Å². The molecule has 2 nitrogen and oxygen atoms in total. The average Bonchev–Trinajstić information content (AvgIpc) is 2.84. The molecule has 0 amide bonds. The van der Waals surface area contributed by atoms with Gasteiger partial charge in [0.15, 0.2) is 0 Å². The standard InChI is InChI=1S/C13H15NOS/c1-2-7-13(15,12-6-4-9-16-12)11-5-3-8-14-10-11/h3-6,8-10,15H,2,7H2,1H3. The van der Waals surface area contributed by atoms with E-state index in [9.17, 15) is 5.11 Å². The van der Waals surface area contributed by atoms with Crippen molar-refractivity contribution in [3.05, 3.63) is 52.5 Å². The lowest BCUT2D eigenvalue weighted by molar-refractivity contribution is 0.0736. The monoisotopic (exact) mass is 233 g/mol. The van der Waals surface area contributed by atoms with Gasteiger partial charge in [-0.3, -0.25) is 4.98 Å². The molecule has 1 N–H and O–H groups in total. The van der Waals surface area contributed by atoms with Gasteiger partial charge in [-0.05, 0) is 23.9 Å². The summed E-state index contributed by atoms with van der Waals surface area (Å²) >= 11 is 1.59. The van der Waals surface area contributed by atoms with Crippen LogP contribution in [0.25, 0.3) is 0 Å². The van der Waals surface area contributed by atoms with Gasteiger partial charge in [-0.25, -0.2) is 0 Å². The molecule has 2 rings (SSSR count). The zero-order valence-corrected chi connectivity index (χ0v) is 10.1. The molecule has 0 radical (unpaired) electrons. The maximum atomic E-state index is 10.8. The van der Waals surface area contributed by atoms with E-state index in [1.807, 2.05) is 29.6 Å². The van der Waals surface area contributed by atoms with E-state index >= 15 is 0 Å². The van der Waals surface area contributed by atoms with E-state index in [2.05, 4.69) is 11.9 Å². The van der Waals surface area contributed by atoms with Crippen molar-refractivity contribution < 1.29 is 5.11 Å². The van der Waals surface area contributed by atoms with Crippen molar-refractivity contribution >= 4 is 11.3 Å². The summed E-state index contributed by atoms with van der Waals surface area (Å²) in [6, 6.07) is 7.75. The van der Waals surface area contributed by atoms with Crippen molar-refractivity contribution in [1.82, 2.24) is 4.98 Å². The Morgan fingerprint density at radius 2 is 2.25 bits per heavy atom. The predicted octanol–water partition coefficient (Wildman–Crippen LogP) is 3.18. The first-order chi connectivity index (χ1) is 7.77. The Kier molecular flexibility index (Phi) is 3.36. The van der Waals surface area contributed by atoms with Crippen LogP contribution >= 0.6 is 11.3 Å². The zero-order valence-electron chi connectivity index (χ0n) is 9.26. The van der Waals surface area contributed by atoms with Crippen LogP contribution in [-0.2, 0) is 5.60 Å². The number of thiophene rings is 1. The summed E-state index contributed by atoms with van der Waals surface area (Å²) in [7, 11) is 0. The third kappa shape index (κ3) is 2.01. The second-order valence-electron chi connectivity index (χ2n) is 3.83. The van der Waals surface area contributed by atoms with Gasteiger partial charge in [-0.15, -0.1) is 11.3 Å². The number of hydrogen-bond acceptors (Lipinski definition) is 3. The molecule has 0 aliphatic rings. The van der Waals surface area contributed by atoms with E-state index < -0.39 is 5.60 Å². The summed E-state index contributed by atoms with van der Waals surface area (Å²) in [5, 5.41) is 12.8. The molecule has 0 fully saturated rings. The molecule has 2 aromatic rings. The zero-order chi connectivity index (χ0) is 11.4. The van der Waals surface area contributed by atoms with Crippen molar-refractivity contribution in [2.75, 3.05) is 0 Å². The average molecular weight is 233 g/mol. The molecule has 3 heteroatoms. The van der Waals surface area contributed by atoms with Crippen LogP contribution in [0.2, 0.25) is 0 Å². The highest BCUT2D eigenvalue weighted by Crippen LogP contribution is 2.36. The Morgan fingerprint density at radius 1 is 1.38 bits per heavy atom. The first-order valence-electron chi connectivity index (χ1n) is 5.44. The van der Waals surface area contributed by atoms with E-state index in [1.165, 1.54) is 0 Å². The number of rotatable bonds is 4. The molecule has 1 unspecified atom stereocenters. The smallest absolute Gasteiger partial charge is 0.125 e. The Labute approximate surface area is 99.6 Å². The fourth-order valence-electron chi connectivity index (χ4n) is 1.89. The van der Waals surface area contributed by atoms with Crippen molar-refractivity contribution in [3.63, 3.8) is 0 Å². The van der Waals surface area contributed by atoms with E-state index in [4.69, 9.17) is 0 Å². The van der Waals surface area contributed by atoms with Crippen LogP contribution in [0.15, 0.2) is 42.0 Å². The number of aromatic nitrogens is 1. The summed E-state index contributed by atoms with van der Waals surface area (Å²) in [4.78, 5) is 5.08. The lowest BCUT2D eigenvalue weighted by Crippen LogP contribution is -2.25. The number of hydrogen-bond donors (Lipinski definition) is 1. The molecule has 0 saturated heterocycles. The van der Waals surface area contributed by atoms with Crippen LogP contribution in [0.5, 0.6) is 0 Å². The molecular formula is C13H15NOS. The van der Waals surface area contributed by atoms with Crippen molar-refractivity contribution in [2.45, 2.75) is 25.4 Å². The van der Waals surface area contributed by atoms with Crippen LogP contribution < -0.4 is 0 Å². The predicted molar refractivity (Wildman–Crippen MR) is 66.5 cm³/mol. The molecule has 0 aliphatic heterocycles. The van der Waals surface area contributed by atoms with Gasteiger partial charge in [0.25, 0.3) is 0 Å². The third-order valence-electron chi connectivity index (χ3n) is 2.68. The normalized spacial score (nSPS) is 14.6. The van der Waals surface area contributed by atoms with Crippen molar-refractivity contribution in [1.29, 1.82) is 0 Å². The molecule has 1 atom stereocenters. The van der Waals surface area contributed by atoms with Gasteiger partial charge in [-0.1, -0.05) is 25.5 Å². The number of pyridine rings is 1. The summed E-state index contributed by atoms with van der Waals surface area (Å²) in [6.45, 7) is 2.08. The molecule has 0 spiro atoms. The molecule has 16 heavy (non-hydrogen) atoms. The van der Waals surface area contributed by atoms with Gasteiger partial charge in [0.1, 0.15) is 5.60 Å². The minimum atomic E-state index is -0.878. The van der Waals surface area contributed by atoms with Crippen LogP contribution in [-0.4, -0.2) is 10.1 Å². The quantitative estimate of drug-likeness (QED) is 0.879. The van der Waals surface area contributed by atoms with Crippen molar-refractivity contribution in [2.24, 2.45) is 0 Å². The highest BCUT2D eigenvalue weighted by Gasteiger charge is 2.31. The molecule has 0 aliphatic carbocycles. The summed E-state index contributed by atoms with van der Waals surface area (Å²) in [5.74, 6) is 0. The van der Waals surface area contributed by atoms with Crippen LogP contribution in [0.4, 0.5) is 0 Å². The first-order valence-corrected chi connectivity index (χ1v) is 6.32. The van der Waals surface area contributed by atoms with Crippen LogP contribution in [0.3, 0.4) is 0 Å². The number of aliphatic hydroxyl groups is 1. The lowest BCUT2D eigenvalue weighted by Gasteiger charge is -2.26. The molecule has 0 saturated carbocycles. The summed E-state index contributed by atoms with van der Waals surface area (Å²) in [6.07, 6.45) is 5.13. The van der Waals surface area contributed by atoms with Gasteiger partial charge in [0.05, 0.1) is 0 Å². The largest absolute Gasteiger partial charge is 0.379 e. The van der Waals surface area contributed by atoms with E-state index in [1.54, 1.807) is 23.7 Å². The Hall–Kier alpha value is -1.19. The highest BCUT2D eigenvalue weighted by atomic mass is 32.1. The fraction of sp³-hybridized carbons (Fsp3) is 0.308. The molecule has 0 bridgehead atoms. The minimum absolute atomic E-state index is 0.721. The van der Waals surface area contributed by atoms with Gasteiger partial charge in [-0.2, -0.15) is 0 Å². The molecular weight excluding hydrogens is 218 g/mol. The Bertz CT molecular complexity index is 426. The number of nitrogens with zero attached hydrogens (tertiary/aromatic N) is 1. The van der Waals surface area contributed by atoms with E-state index in [0.29, 0.717) is 0 Å². The highest BCUT2D eigenvalue weighted by molar-refractivity contribution is 7.10. The Balaban J connectivity index is 2.44. The maximum absolute atomic E-state index is 10.8. The van der Waals surface area contributed by atoms with Gasteiger partial charge in [0, 0.05) is 22.8 Å². The molecule has 2 heterocycles. The second-order valence-corrected chi connectivity index (χ2v) is 4.78. The molecule has 84 valence electrons. The molecule has 0 aromatic carbocycles.